The van der Waals surface area contributed by atoms with E-state index in [2.05, 4.69) is 5.32 Å². The van der Waals surface area contributed by atoms with Crippen molar-refractivity contribution in [1.29, 1.82) is 0 Å². The van der Waals surface area contributed by atoms with E-state index in [0.29, 0.717) is 16.8 Å². The van der Waals surface area contributed by atoms with E-state index in [1.807, 2.05) is 19.1 Å². The maximum atomic E-state index is 12.8. The molecule has 11 heteroatoms. The van der Waals surface area contributed by atoms with E-state index >= 15 is 0 Å². The molecule has 0 spiro atoms. The normalized spacial score (nSPS) is 14.0. The van der Waals surface area contributed by atoms with Crippen molar-refractivity contribution in [2.45, 2.75) is 13.5 Å². The molecule has 3 aromatic rings. The highest BCUT2D eigenvalue weighted by atomic mass is 32.2. The molecular weight excluding hydrogens is 510 g/mol. The first-order valence-electron chi connectivity index (χ1n) is 11.3. The molecule has 0 unspecified atom stereocenters. The summed E-state index contributed by atoms with van der Waals surface area (Å²) in [5, 5.41) is 13.0. The molecule has 4 rings (SSSR count). The van der Waals surface area contributed by atoms with E-state index in [1.54, 1.807) is 24.3 Å². The zero-order chi connectivity index (χ0) is 27.2. The van der Waals surface area contributed by atoms with E-state index < -0.39 is 34.6 Å². The summed E-state index contributed by atoms with van der Waals surface area (Å²) in [6, 6.07) is 19.0. The third-order valence-corrected chi connectivity index (χ3v) is 6.38. The van der Waals surface area contributed by atoms with Crippen LogP contribution in [-0.2, 0) is 20.9 Å². The van der Waals surface area contributed by atoms with Gasteiger partial charge in [0.15, 0.2) is 6.61 Å². The largest absolute Gasteiger partial charge is 0.452 e. The zero-order valence-corrected chi connectivity index (χ0v) is 20.9. The van der Waals surface area contributed by atoms with Crippen molar-refractivity contribution >= 4 is 52.2 Å². The fourth-order valence-corrected chi connectivity index (χ4v) is 4.30. The molecule has 192 valence electrons. The lowest BCUT2D eigenvalue weighted by Crippen LogP contribution is -2.27. The molecule has 3 amide bonds. The van der Waals surface area contributed by atoms with Gasteiger partial charge in [-0.2, -0.15) is 0 Å². The van der Waals surface area contributed by atoms with Gasteiger partial charge >= 0.3 is 5.97 Å². The summed E-state index contributed by atoms with van der Waals surface area (Å²) < 4.78 is 5.07. The summed E-state index contributed by atoms with van der Waals surface area (Å²) >= 11 is 0.781. The number of anilines is 1. The lowest BCUT2D eigenvalue weighted by molar-refractivity contribution is -0.384. The number of aryl methyl sites for hydroxylation is 1. The highest BCUT2D eigenvalue weighted by Gasteiger charge is 2.35. The Bertz CT molecular complexity index is 1430. The second kappa shape index (κ2) is 11.5. The van der Waals surface area contributed by atoms with Crippen molar-refractivity contribution in [2.24, 2.45) is 0 Å². The van der Waals surface area contributed by atoms with E-state index in [-0.39, 0.29) is 22.7 Å². The number of imide groups is 1. The van der Waals surface area contributed by atoms with Crippen LogP contribution in [-0.4, -0.2) is 39.5 Å². The number of nitrogens with zero attached hydrogens (tertiary/aromatic N) is 2. The van der Waals surface area contributed by atoms with Crippen LogP contribution < -0.4 is 5.32 Å². The van der Waals surface area contributed by atoms with E-state index in [1.165, 1.54) is 42.5 Å². The van der Waals surface area contributed by atoms with Gasteiger partial charge in [-0.25, -0.2) is 4.79 Å². The van der Waals surface area contributed by atoms with Gasteiger partial charge in [-0.3, -0.25) is 29.4 Å². The monoisotopic (exact) mass is 531 g/mol. The molecular formula is C27H21N3O7S. The molecule has 10 nitrogen and oxygen atoms in total. The number of hydrogen-bond donors (Lipinski definition) is 1. The quantitative estimate of drug-likeness (QED) is 0.187. The van der Waals surface area contributed by atoms with E-state index in [9.17, 15) is 29.3 Å². The topological polar surface area (TPSA) is 136 Å². The highest BCUT2D eigenvalue weighted by Crippen LogP contribution is 2.33. The van der Waals surface area contributed by atoms with Crippen molar-refractivity contribution in [3.63, 3.8) is 0 Å². The summed E-state index contributed by atoms with van der Waals surface area (Å²) in [7, 11) is 0. The van der Waals surface area contributed by atoms with Crippen LogP contribution in [0.25, 0.3) is 6.08 Å². The van der Waals surface area contributed by atoms with Gasteiger partial charge in [-0.05, 0) is 60.2 Å². The zero-order valence-electron chi connectivity index (χ0n) is 20.1. The second-order valence-electron chi connectivity index (χ2n) is 8.30. The standard InChI is InChI=1S/C27H21N3O7S/c1-17-2-10-21(11-3-17)28-24(31)16-37-26(33)20-8-4-18(5-9-20)14-23-25(32)29(27(34)38-23)15-19-6-12-22(13-7-19)30(35)36/h2-14H,15-16H2,1H3,(H,28,31)/b23-14-. The molecule has 1 aliphatic rings. The van der Waals surface area contributed by atoms with Crippen LogP contribution in [0.4, 0.5) is 16.2 Å². The number of rotatable bonds is 8. The molecule has 0 atom stereocenters. The van der Waals surface area contributed by atoms with E-state index in [0.717, 1.165) is 22.2 Å². The van der Waals surface area contributed by atoms with Gasteiger partial charge in [0.2, 0.25) is 0 Å². The SMILES string of the molecule is Cc1ccc(NC(=O)COC(=O)c2ccc(/C=C3\SC(=O)N(Cc4ccc([N+](=O)[O-])cc4)C3=O)cc2)cc1. The predicted octanol–water partition coefficient (Wildman–Crippen LogP) is 4.94. The van der Waals surface area contributed by atoms with Gasteiger partial charge < -0.3 is 10.1 Å². The maximum absolute atomic E-state index is 12.8. The number of esters is 1. The van der Waals surface area contributed by atoms with Crippen molar-refractivity contribution < 1.29 is 28.8 Å². The van der Waals surface area contributed by atoms with Crippen LogP contribution in [0.15, 0.2) is 77.7 Å². The van der Waals surface area contributed by atoms with Crippen LogP contribution >= 0.6 is 11.8 Å². The number of nitro groups is 1. The van der Waals surface area contributed by atoms with Crippen LogP contribution in [0, 0.1) is 17.0 Å². The lowest BCUT2D eigenvalue weighted by atomic mass is 10.1. The Morgan fingerprint density at radius 1 is 1.00 bits per heavy atom. The molecule has 1 fully saturated rings. The Morgan fingerprint density at radius 2 is 1.66 bits per heavy atom. The van der Waals surface area contributed by atoms with Gasteiger partial charge in [0.05, 0.1) is 21.9 Å². The average Bonchev–Trinajstić information content (AvgIpc) is 3.16. The summed E-state index contributed by atoms with van der Waals surface area (Å²) in [4.78, 5) is 61.0. The minimum absolute atomic E-state index is 0.0116. The van der Waals surface area contributed by atoms with Crippen molar-refractivity contribution in [3.05, 3.63) is 110 Å². The Morgan fingerprint density at radius 3 is 2.29 bits per heavy atom. The van der Waals surface area contributed by atoms with Crippen molar-refractivity contribution in [1.82, 2.24) is 4.90 Å². The molecule has 0 aromatic heterocycles. The molecule has 0 aliphatic carbocycles. The fourth-order valence-electron chi connectivity index (χ4n) is 3.46. The first-order chi connectivity index (χ1) is 18.2. The summed E-state index contributed by atoms with van der Waals surface area (Å²) in [5.41, 5.74) is 2.94. The fraction of sp³-hybridized carbons (Fsp3) is 0.111. The molecule has 1 N–H and O–H groups in total. The predicted molar refractivity (Wildman–Crippen MR) is 141 cm³/mol. The van der Waals surface area contributed by atoms with Crippen LogP contribution in [0.5, 0.6) is 0 Å². The molecule has 0 saturated carbocycles. The number of carbonyl (C=O) groups excluding carboxylic acids is 4. The minimum atomic E-state index is -0.681. The number of benzene rings is 3. The summed E-state index contributed by atoms with van der Waals surface area (Å²) in [5.74, 6) is -1.64. The number of nitrogens with one attached hydrogen (secondary N) is 1. The van der Waals surface area contributed by atoms with Gasteiger partial charge in [-0.1, -0.05) is 42.0 Å². The van der Waals surface area contributed by atoms with Gasteiger partial charge in [0.25, 0.3) is 22.7 Å². The molecule has 0 bridgehead atoms. The Hall–Kier alpha value is -4.77. The molecule has 1 saturated heterocycles. The first-order valence-corrected chi connectivity index (χ1v) is 12.1. The van der Waals surface area contributed by atoms with Gasteiger partial charge in [0, 0.05) is 17.8 Å². The van der Waals surface area contributed by atoms with Crippen LogP contribution in [0.1, 0.15) is 27.0 Å². The molecule has 0 radical (unpaired) electrons. The Balaban J connectivity index is 1.33. The third-order valence-electron chi connectivity index (χ3n) is 5.48. The van der Waals surface area contributed by atoms with Crippen molar-refractivity contribution in [3.8, 4) is 0 Å². The summed E-state index contributed by atoms with van der Waals surface area (Å²) in [6.07, 6.45) is 1.53. The molecule has 38 heavy (non-hydrogen) atoms. The lowest BCUT2D eigenvalue weighted by Gasteiger charge is -2.12. The smallest absolute Gasteiger partial charge is 0.338 e. The van der Waals surface area contributed by atoms with Crippen LogP contribution in [0.3, 0.4) is 0 Å². The van der Waals surface area contributed by atoms with Gasteiger partial charge in [0.1, 0.15) is 0 Å². The first kappa shape index (κ1) is 26.3. The number of non-ortho nitro benzene ring substituents is 1. The third kappa shape index (κ3) is 6.51. The van der Waals surface area contributed by atoms with Gasteiger partial charge in [-0.15, -0.1) is 0 Å². The average molecular weight is 532 g/mol. The van der Waals surface area contributed by atoms with E-state index in [4.69, 9.17) is 4.74 Å². The number of carbonyl (C=O) groups is 4. The number of thioether (sulfide) groups is 1. The number of ether oxygens (including phenoxy) is 1. The molecule has 3 aromatic carbocycles. The highest BCUT2D eigenvalue weighted by molar-refractivity contribution is 8.18. The number of nitro benzene ring substituents is 1. The second-order valence-corrected chi connectivity index (χ2v) is 9.30. The Kier molecular flexibility index (Phi) is 7.97. The van der Waals surface area contributed by atoms with Crippen LogP contribution in [0.2, 0.25) is 0 Å². The molecule has 1 aliphatic heterocycles. The Labute approximate surface area is 221 Å². The maximum Gasteiger partial charge on any atom is 0.338 e. The van der Waals surface area contributed by atoms with Crippen molar-refractivity contribution in [2.75, 3.05) is 11.9 Å². The summed E-state index contributed by atoms with van der Waals surface area (Å²) in [6.45, 7) is 1.47. The minimum Gasteiger partial charge on any atom is -0.452 e. The molecule has 1 heterocycles. The number of hydrogen-bond acceptors (Lipinski definition) is 8. The number of amides is 3.